The summed E-state index contributed by atoms with van der Waals surface area (Å²) in [5.41, 5.74) is 2.17. The van der Waals surface area contributed by atoms with Gasteiger partial charge in [0.25, 0.3) is 0 Å². The number of carbonyl (C=O) groups is 1. The zero-order valence-corrected chi connectivity index (χ0v) is 13.7. The largest absolute Gasteiger partial charge is 0.326 e. The number of hydrogen-bond donors (Lipinski definition) is 1. The highest BCUT2D eigenvalue weighted by Gasteiger charge is 2.16. The summed E-state index contributed by atoms with van der Waals surface area (Å²) in [6.45, 7) is 6.26. The fraction of sp³-hybridized carbons (Fsp3) is 0.526. The van der Waals surface area contributed by atoms with Gasteiger partial charge in [-0.1, -0.05) is 50.6 Å². The minimum absolute atomic E-state index is 0.125. The van der Waals surface area contributed by atoms with Crippen LogP contribution in [-0.4, -0.2) is 5.91 Å². The third-order valence-corrected chi connectivity index (χ3v) is 3.93. The molecule has 1 atom stereocenters. The van der Waals surface area contributed by atoms with Gasteiger partial charge in [0.1, 0.15) is 0 Å². The lowest BCUT2D eigenvalue weighted by molar-refractivity contribution is -0.120. The minimum Gasteiger partial charge on any atom is -0.326 e. The zero-order chi connectivity index (χ0) is 15.5. The highest BCUT2D eigenvalue weighted by Crippen LogP contribution is 2.20. The molecule has 0 saturated carbocycles. The van der Waals surface area contributed by atoms with Crippen LogP contribution in [0, 0.1) is 5.92 Å². The maximum absolute atomic E-state index is 12.4. The third-order valence-electron chi connectivity index (χ3n) is 3.93. The first-order valence-corrected chi connectivity index (χ1v) is 8.22. The highest BCUT2D eigenvalue weighted by molar-refractivity contribution is 5.93. The van der Waals surface area contributed by atoms with Crippen molar-refractivity contribution >= 4 is 11.6 Å². The number of unbranched alkanes of at least 4 members (excludes halogenated alkanes) is 2. The SMILES string of the molecule is C/C=C/CCCCC(CC)C(=O)Nc1ccccc1CC. The van der Waals surface area contributed by atoms with E-state index in [4.69, 9.17) is 0 Å². The molecule has 1 amide bonds. The molecule has 1 N–H and O–H groups in total. The van der Waals surface area contributed by atoms with Gasteiger partial charge >= 0.3 is 0 Å². The fourth-order valence-electron chi connectivity index (χ4n) is 2.53. The number of allylic oxidation sites excluding steroid dienone is 2. The number of para-hydroxylation sites is 1. The predicted octanol–water partition coefficient (Wildman–Crippen LogP) is 5.35. The Hall–Kier alpha value is -1.57. The molecule has 0 radical (unpaired) electrons. The van der Waals surface area contributed by atoms with Crippen LogP contribution in [0.4, 0.5) is 5.69 Å². The van der Waals surface area contributed by atoms with Crippen molar-refractivity contribution in [3.8, 4) is 0 Å². The van der Waals surface area contributed by atoms with Crippen molar-refractivity contribution in [1.82, 2.24) is 0 Å². The van der Waals surface area contributed by atoms with Crippen LogP contribution in [0.3, 0.4) is 0 Å². The van der Waals surface area contributed by atoms with Gasteiger partial charge in [-0.25, -0.2) is 0 Å². The molecule has 0 bridgehead atoms. The summed E-state index contributed by atoms with van der Waals surface area (Å²) >= 11 is 0. The molecule has 1 aromatic rings. The summed E-state index contributed by atoms with van der Waals surface area (Å²) in [6, 6.07) is 8.07. The van der Waals surface area contributed by atoms with E-state index in [2.05, 4.69) is 37.4 Å². The lowest BCUT2D eigenvalue weighted by Crippen LogP contribution is -2.23. The third kappa shape index (κ3) is 6.16. The van der Waals surface area contributed by atoms with Gasteiger partial charge in [-0.05, 0) is 50.7 Å². The van der Waals surface area contributed by atoms with Crippen LogP contribution in [0.2, 0.25) is 0 Å². The van der Waals surface area contributed by atoms with Gasteiger partial charge in [-0.3, -0.25) is 4.79 Å². The van der Waals surface area contributed by atoms with Crippen molar-refractivity contribution in [1.29, 1.82) is 0 Å². The van der Waals surface area contributed by atoms with E-state index in [1.165, 1.54) is 12.0 Å². The van der Waals surface area contributed by atoms with E-state index in [1.807, 2.05) is 25.1 Å². The van der Waals surface area contributed by atoms with E-state index in [0.29, 0.717) is 0 Å². The summed E-state index contributed by atoms with van der Waals surface area (Å²) in [5, 5.41) is 3.11. The van der Waals surface area contributed by atoms with Crippen LogP contribution in [0.25, 0.3) is 0 Å². The van der Waals surface area contributed by atoms with Crippen molar-refractivity contribution < 1.29 is 4.79 Å². The number of anilines is 1. The first-order chi connectivity index (χ1) is 10.2. The number of nitrogens with one attached hydrogen (secondary N) is 1. The van der Waals surface area contributed by atoms with Crippen molar-refractivity contribution in [2.45, 2.75) is 59.3 Å². The van der Waals surface area contributed by atoms with Crippen LogP contribution >= 0.6 is 0 Å². The second-order valence-electron chi connectivity index (χ2n) is 5.46. The molecule has 1 rings (SSSR count). The molecule has 1 unspecified atom stereocenters. The Morgan fingerprint density at radius 2 is 2.00 bits per heavy atom. The van der Waals surface area contributed by atoms with Crippen LogP contribution in [0.1, 0.15) is 58.4 Å². The average molecular weight is 287 g/mol. The molecule has 0 aliphatic carbocycles. The van der Waals surface area contributed by atoms with Gasteiger partial charge in [0.15, 0.2) is 0 Å². The zero-order valence-electron chi connectivity index (χ0n) is 13.7. The van der Waals surface area contributed by atoms with Crippen molar-refractivity contribution in [2.24, 2.45) is 5.92 Å². The quantitative estimate of drug-likeness (QED) is 0.481. The van der Waals surface area contributed by atoms with Crippen LogP contribution < -0.4 is 5.32 Å². The summed E-state index contributed by atoms with van der Waals surface area (Å²) in [6.07, 6.45) is 10.5. The van der Waals surface area contributed by atoms with Gasteiger partial charge in [0, 0.05) is 11.6 Å². The Balaban J connectivity index is 2.50. The Kier molecular flexibility index (Phi) is 8.49. The van der Waals surface area contributed by atoms with Crippen molar-refractivity contribution in [2.75, 3.05) is 5.32 Å². The summed E-state index contributed by atoms with van der Waals surface area (Å²) in [5.74, 6) is 0.296. The molecular formula is C19H29NO. The molecule has 0 heterocycles. The monoisotopic (exact) mass is 287 g/mol. The molecule has 116 valence electrons. The van der Waals surface area contributed by atoms with Gasteiger partial charge in [-0.2, -0.15) is 0 Å². The van der Waals surface area contributed by atoms with Gasteiger partial charge < -0.3 is 5.32 Å². The van der Waals surface area contributed by atoms with E-state index >= 15 is 0 Å². The van der Waals surface area contributed by atoms with Gasteiger partial charge in [0.2, 0.25) is 5.91 Å². The van der Waals surface area contributed by atoms with Crippen molar-refractivity contribution in [3.63, 3.8) is 0 Å². The number of carbonyl (C=O) groups excluding carboxylic acids is 1. The molecule has 21 heavy (non-hydrogen) atoms. The number of amides is 1. The van der Waals surface area contributed by atoms with E-state index in [0.717, 1.165) is 37.8 Å². The molecule has 1 aromatic carbocycles. The normalized spacial score (nSPS) is 12.5. The number of rotatable bonds is 9. The molecular weight excluding hydrogens is 258 g/mol. The predicted molar refractivity (Wildman–Crippen MR) is 91.5 cm³/mol. The Bertz CT molecular complexity index is 451. The van der Waals surface area contributed by atoms with Crippen LogP contribution in [0.5, 0.6) is 0 Å². The van der Waals surface area contributed by atoms with E-state index < -0.39 is 0 Å². The van der Waals surface area contributed by atoms with Gasteiger partial charge in [0.05, 0.1) is 0 Å². The van der Waals surface area contributed by atoms with Crippen molar-refractivity contribution in [3.05, 3.63) is 42.0 Å². The van der Waals surface area contributed by atoms with E-state index in [9.17, 15) is 4.79 Å². The lowest BCUT2D eigenvalue weighted by Gasteiger charge is -2.16. The molecule has 0 spiro atoms. The first-order valence-electron chi connectivity index (χ1n) is 8.22. The number of hydrogen-bond acceptors (Lipinski definition) is 1. The number of benzene rings is 1. The maximum Gasteiger partial charge on any atom is 0.227 e. The fourth-order valence-corrected chi connectivity index (χ4v) is 2.53. The maximum atomic E-state index is 12.4. The molecule has 0 fully saturated rings. The minimum atomic E-state index is 0.125. The smallest absolute Gasteiger partial charge is 0.227 e. The molecule has 0 saturated heterocycles. The molecule has 2 nitrogen and oxygen atoms in total. The molecule has 0 aliphatic rings. The highest BCUT2D eigenvalue weighted by atomic mass is 16.1. The summed E-state index contributed by atoms with van der Waals surface area (Å²) < 4.78 is 0. The molecule has 0 aliphatic heterocycles. The summed E-state index contributed by atoms with van der Waals surface area (Å²) in [7, 11) is 0. The number of aryl methyl sites for hydroxylation is 1. The van der Waals surface area contributed by atoms with Crippen LogP contribution in [0.15, 0.2) is 36.4 Å². The second kappa shape index (κ2) is 10.2. The first kappa shape index (κ1) is 17.5. The van der Waals surface area contributed by atoms with Gasteiger partial charge in [-0.15, -0.1) is 0 Å². The average Bonchev–Trinajstić information content (AvgIpc) is 2.51. The Morgan fingerprint density at radius 3 is 2.67 bits per heavy atom. The van der Waals surface area contributed by atoms with Crippen LogP contribution in [-0.2, 0) is 11.2 Å². The second-order valence-corrected chi connectivity index (χ2v) is 5.46. The summed E-state index contributed by atoms with van der Waals surface area (Å²) in [4.78, 5) is 12.4. The molecule has 2 heteroatoms. The lowest BCUT2D eigenvalue weighted by atomic mass is 9.97. The standard InChI is InChI=1S/C19H29NO/c1-4-7-8-9-10-14-17(6-3)19(21)20-18-15-12-11-13-16(18)5-2/h4,7,11-13,15,17H,5-6,8-10,14H2,1-3H3,(H,20,21)/b7-4+. The topological polar surface area (TPSA) is 29.1 Å². The molecule has 0 aromatic heterocycles. The van der Waals surface area contributed by atoms with E-state index in [1.54, 1.807) is 0 Å². The Morgan fingerprint density at radius 1 is 1.24 bits per heavy atom. The Labute approximate surface area is 129 Å². The van der Waals surface area contributed by atoms with E-state index in [-0.39, 0.29) is 11.8 Å².